The Balaban J connectivity index is 0. The van der Waals surface area contributed by atoms with E-state index in [4.69, 9.17) is 9.29 Å². The first-order chi connectivity index (χ1) is 5.21. The molecule has 0 aliphatic carbocycles. The van der Waals surface area contributed by atoms with Crippen LogP contribution in [-0.2, 0) is 14.9 Å². The van der Waals surface area contributed by atoms with E-state index in [1.54, 1.807) is 0 Å². The average molecular weight is 220 g/mol. The Kier molecular flexibility index (Phi) is 7.99. The van der Waals surface area contributed by atoms with Gasteiger partial charge in [-0.1, -0.05) is 0 Å². The minimum atomic E-state index is -3.82. The molecule has 6 heteroatoms. The number of hydrogen-bond donors (Lipinski definition) is 1. The fourth-order valence-electron chi connectivity index (χ4n) is 0.620. The van der Waals surface area contributed by atoms with Crippen molar-refractivity contribution in [2.45, 2.75) is 32.8 Å². The summed E-state index contributed by atoms with van der Waals surface area (Å²) in [6.45, 7) is 6.02. The fraction of sp³-hybridized carbons (Fsp3) is 1.00. The Morgan fingerprint density at radius 2 is 1.77 bits per heavy atom. The molecule has 1 N–H and O–H groups in total. The van der Waals surface area contributed by atoms with Crippen LogP contribution in [0.1, 0.15) is 27.2 Å². The molecule has 0 spiro atoms. The first kappa shape index (κ1) is 16.3. The standard InChI is InChI=1S/C7H16O4S.Na.H/c1-7(2,3)11-5-4-6-12(8,9)10;;/h4-6H2,1-3H3,(H,8,9,10);;. The van der Waals surface area contributed by atoms with Gasteiger partial charge in [-0.05, 0) is 27.2 Å². The van der Waals surface area contributed by atoms with E-state index in [-0.39, 0.29) is 40.9 Å². The molecule has 0 aliphatic heterocycles. The predicted octanol–water partition coefficient (Wildman–Crippen LogP) is 0.431. The zero-order chi connectivity index (χ0) is 9.83. The molecule has 0 heterocycles. The van der Waals surface area contributed by atoms with Gasteiger partial charge in [0.05, 0.1) is 11.4 Å². The van der Waals surface area contributed by atoms with Gasteiger partial charge in [0.15, 0.2) is 0 Å². The Morgan fingerprint density at radius 1 is 1.31 bits per heavy atom. The van der Waals surface area contributed by atoms with Crippen LogP contribution >= 0.6 is 0 Å². The molecule has 0 rings (SSSR count). The molecule has 0 aromatic heterocycles. The van der Waals surface area contributed by atoms with Crippen LogP contribution in [-0.4, -0.2) is 60.5 Å². The van der Waals surface area contributed by atoms with Crippen LogP contribution in [0.3, 0.4) is 0 Å². The van der Waals surface area contributed by atoms with Crippen molar-refractivity contribution in [2.75, 3.05) is 12.4 Å². The van der Waals surface area contributed by atoms with Crippen LogP contribution in [0.15, 0.2) is 0 Å². The molecule has 0 atom stereocenters. The molecule has 0 fully saturated rings. The van der Waals surface area contributed by atoms with Gasteiger partial charge in [-0.2, -0.15) is 8.42 Å². The van der Waals surface area contributed by atoms with E-state index in [0.29, 0.717) is 13.0 Å². The third-order valence-electron chi connectivity index (χ3n) is 1.08. The van der Waals surface area contributed by atoms with Gasteiger partial charge in [0, 0.05) is 6.61 Å². The summed E-state index contributed by atoms with van der Waals surface area (Å²) in [6, 6.07) is 0. The van der Waals surface area contributed by atoms with Crippen molar-refractivity contribution in [2.24, 2.45) is 0 Å². The molecule has 0 radical (unpaired) electrons. The van der Waals surface area contributed by atoms with E-state index in [9.17, 15) is 8.42 Å². The third kappa shape index (κ3) is 15.6. The van der Waals surface area contributed by atoms with Gasteiger partial charge in [0.25, 0.3) is 10.1 Å². The zero-order valence-electron chi connectivity index (χ0n) is 7.70. The van der Waals surface area contributed by atoms with Gasteiger partial charge >= 0.3 is 29.6 Å². The number of hydrogen-bond acceptors (Lipinski definition) is 3. The predicted molar refractivity (Wildman–Crippen MR) is 53.9 cm³/mol. The molecule has 0 bridgehead atoms. The zero-order valence-corrected chi connectivity index (χ0v) is 8.52. The first-order valence-corrected chi connectivity index (χ1v) is 5.41. The maximum atomic E-state index is 10.3. The molecular formula is C7H17NaO4S. The van der Waals surface area contributed by atoms with Crippen LogP contribution < -0.4 is 0 Å². The van der Waals surface area contributed by atoms with Gasteiger partial charge in [-0.3, -0.25) is 4.55 Å². The molecule has 0 saturated heterocycles. The maximum absolute atomic E-state index is 10.3. The summed E-state index contributed by atoms with van der Waals surface area (Å²) in [5, 5.41) is 0. The monoisotopic (exact) mass is 220 g/mol. The number of rotatable bonds is 4. The van der Waals surface area contributed by atoms with Crippen LogP contribution in [0.5, 0.6) is 0 Å². The molecular weight excluding hydrogens is 203 g/mol. The van der Waals surface area contributed by atoms with E-state index in [2.05, 4.69) is 0 Å². The minimum absolute atomic E-state index is 0. The van der Waals surface area contributed by atoms with E-state index >= 15 is 0 Å². The Bertz CT molecular complexity index is 217. The quantitative estimate of drug-likeness (QED) is 0.424. The van der Waals surface area contributed by atoms with Crippen molar-refractivity contribution in [3.63, 3.8) is 0 Å². The third-order valence-corrected chi connectivity index (χ3v) is 1.89. The Hall–Kier alpha value is 0.870. The second kappa shape index (κ2) is 6.37. The van der Waals surface area contributed by atoms with E-state index in [0.717, 1.165) is 0 Å². The topological polar surface area (TPSA) is 63.6 Å². The van der Waals surface area contributed by atoms with Crippen LogP contribution in [0, 0.1) is 0 Å². The normalized spacial score (nSPS) is 12.3. The summed E-state index contributed by atoms with van der Waals surface area (Å²) >= 11 is 0. The molecule has 0 saturated carbocycles. The van der Waals surface area contributed by atoms with E-state index in [1.165, 1.54) is 0 Å². The van der Waals surface area contributed by atoms with Gasteiger partial charge in [-0.25, -0.2) is 0 Å². The second-order valence-corrected chi connectivity index (χ2v) is 5.17. The SMILES string of the molecule is CC(C)(C)OCCCS(=O)(=O)O.[NaH]. The van der Waals surface area contributed by atoms with Crippen molar-refractivity contribution >= 4 is 39.7 Å². The summed E-state index contributed by atoms with van der Waals surface area (Å²) in [6.07, 6.45) is 0.329. The van der Waals surface area contributed by atoms with Gasteiger partial charge in [-0.15, -0.1) is 0 Å². The Labute approximate surface area is 102 Å². The summed E-state index contributed by atoms with van der Waals surface area (Å²) in [7, 11) is -3.82. The van der Waals surface area contributed by atoms with Gasteiger partial charge in [0.2, 0.25) is 0 Å². The fourth-order valence-corrected chi connectivity index (χ4v) is 1.10. The molecule has 4 nitrogen and oxygen atoms in total. The molecule has 0 aromatic carbocycles. The molecule has 0 amide bonds. The van der Waals surface area contributed by atoms with Crippen LogP contribution in [0.25, 0.3) is 0 Å². The second-order valence-electron chi connectivity index (χ2n) is 3.60. The van der Waals surface area contributed by atoms with Crippen LogP contribution in [0.4, 0.5) is 0 Å². The Morgan fingerprint density at radius 3 is 2.08 bits per heavy atom. The summed E-state index contributed by atoms with van der Waals surface area (Å²) in [4.78, 5) is 0. The molecule has 0 aliphatic rings. The van der Waals surface area contributed by atoms with Crippen LogP contribution in [0.2, 0.25) is 0 Å². The number of ether oxygens (including phenoxy) is 1. The van der Waals surface area contributed by atoms with E-state index < -0.39 is 10.1 Å². The molecule has 0 unspecified atom stereocenters. The summed E-state index contributed by atoms with van der Waals surface area (Å²) in [5.41, 5.74) is -0.251. The molecule has 0 aromatic rings. The van der Waals surface area contributed by atoms with Crippen molar-refractivity contribution in [3.8, 4) is 0 Å². The molecule has 76 valence electrons. The van der Waals surface area contributed by atoms with E-state index in [1.807, 2.05) is 20.8 Å². The molecule has 13 heavy (non-hydrogen) atoms. The first-order valence-electron chi connectivity index (χ1n) is 3.80. The summed E-state index contributed by atoms with van der Waals surface area (Å²) < 4.78 is 34.1. The van der Waals surface area contributed by atoms with Gasteiger partial charge in [0.1, 0.15) is 0 Å². The average Bonchev–Trinajstić information content (AvgIpc) is 1.76. The van der Waals surface area contributed by atoms with Crippen molar-refractivity contribution in [1.29, 1.82) is 0 Å². The van der Waals surface area contributed by atoms with Crippen molar-refractivity contribution in [1.82, 2.24) is 0 Å². The van der Waals surface area contributed by atoms with Crippen molar-refractivity contribution in [3.05, 3.63) is 0 Å². The van der Waals surface area contributed by atoms with Gasteiger partial charge < -0.3 is 4.74 Å². The summed E-state index contributed by atoms with van der Waals surface area (Å²) in [5.74, 6) is -0.233. The van der Waals surface area contributed by atoms with Crippen molar-refractivity contribution < 1.29 is 17.7 Å².